The molecule has 0 amide bonds. The molecule has 0 atom stereocenters. The van der Waals surface area contributed by atoms with Crippen molar-refractivity contribution in [2.75, 3.05) is 4.90 Å². The van der Waals surface area contributed by atoms with Gasteiger partial charge in [-0.25, -0.2) is 9.97 Å². The van der Waals surface area contributed by atoms with Gasteiger partial charge in [-0.15, -0.1) is 0 Å². The molecule has 5 heterocycles. The molecule has 1 aliphatic heterocycles. The van der Waals surface area contributed by atoms with Crippen molar-refractivity contribution in [3.63, 3.8) is 0 Å². The van der Waals surface area contributed by atoms with Crippen molar-refractivity contribution in [3.05, 3.63) is 163 Å². The second-order valence-corrected chi connectivity index (χ2v) is 13.1. The smallest absolute Gasteiger partial charge is 0.137 e. The Morgan fingerprint density at radius 2 is 1.04 bits per heavy atom. The van der Waals surface area contributed by atoms with Gasteiger partial charge in [0.1, 0.15) is 11.6 Å². The predicted molar refractivity (Wildman–Crippen MR) is 198 cm³/mol. The second kappa shape index (κ2) is 9.90. The summed E-state index contributed by atoms with van der Waals surface area (Å²) >= 11 is 0. The van der Waals surface area contributed by atoms with Crippen molar-refractivity contribution in [1.82, 2.24) is 19.1 Å². The maximum atomic E-state index is 4.86. The summed E-state index contributed by atoms with van der Waals surface area (Å²) in [5.74, 6) is 1.81. The lowest BCUT2D eigenvalue weighted by atomic mass is 9.73. The molecule has 0 radical (unpaired) electrons. The Hall–Kier alpha value is -6.20. The summed E-state index contributed by atoms with van der Waals surface area (Å²) in [6.45, 7) is 4.69. The van der Waals surface area contributed by atoms with Gasteiger partial charge in [0.05, 0.1) is 33.4 Å². The van der Waals surface area contributed by atoms with E-state index in [1.807, 2.05) is 24.5 Å². The number of fused-ring (bicyclic) bond motifs is 8. The van der Waals surface area contributed by atoms with Crippen LogP contribution < -0.4 is 4.90 Å². The van der Waals surface area contributed by atoms with Crippen molar-refractivity contribution in [2.45, 2.75) is 19.3 Å². The Morgan fingerprint density at radius 1 is 0.438 bits per heavy atom. The third-order valence-corrected chi connectivity index (χ3v) is 10.2. The van der Waals surface area contributed by atoms with Crippen LogP contribution in [0.4, 0.5) is 17.2 Å². The lowest BCUT2D eigenvalue weighted by Crippen LogP contribution is -2.30. The van der Waals surface area contributed by atoms with Crippen molar-refractivity contribution >= 4 is 60.8 Å². The number of hydrogen-bond acceptors (Lipinski definition) is 3. The van der Waals surface area contributed by atoms with Crippen molar-refractivity contribution in [1.29, 1.82) is 0 Å². The van der Waals surface area contributed by atoms with Crippen LogP contribution >= 0.6 is 0 Å². The fraction of sp³-hybridized carbons (Fsp3) is 0.0698. The minimum absolute atomic E-state index is 0.211. The standard InChI is InChI=1S/C43H31N5/c1-43(2)33-15-5-8-18-37(33)48(42-20-10-12-24-45-42)40-27-39-32(26-34(40)43)30-14-4-6-16-35(30)46(39)28-21-22-31-29-13-3-7-17-36(29)47(38(31)25-28)41-19-9-11-23-44-41/h3-27H,1-2H3. The molecule has 0 spiro atoms. The number of pyridine rings is 2. The number of hydrogen-bond donors (Lipinski definition) is 0. The topological polar surface area (TPSA) is 38.9 Å². The van der Waals surface area contributed by atoms with E-state index in [4.69, 9.17) is 9.97 Å². The Balaban J connectivity index is 1.30. The monoisotopic (exact) mass is 617 g/mol. The fourth-order valence-electron chi connectivity index (χ4n) is 8.00. The molecular weight excluding hydrogens is 587 g/mol. The average molecular weight is 618 g/mol. The van der Waals surface area contributed by atoms with Gasteiger partial charge in [0.2, 0.25) is 0 Å². The lowest BCUT2D eigenvalue weighted by molar-refractivity contribution is 0.632. The Kier molecular flexibility index (Phi) is 5.56. The highest BCUT2D eigenvalue weighted by Gasteiger charge is 2.38. The molecule has 10 rings (SSSR count). The number of benzene rings is 5. The molecule has 0 saturated heterocycles. The summed E-state index contributed by atoms with van der Waals surface area (Å²) in [7, 11) is 0. The molecule has 0 fully saturated rings. The first-order valence-corrected chi connectivity index (χ1v) is 16.4. The van der Waals surface area contributed by atoms with Gasteiger partial charge < -0.3 is 4.57 Å². The van der Waals surface area contributed by atoms with E-state index in [-0.39, 0.29) is 5.41 Å². The summed E-state index contributed by atoms with van der Waals surface area (Å²) in [6, 6.07) is 50.0. The van der Waals surface area contributed by atoms with Gasteiger partial charge in [0.15, 0.2) is 0 Å². The number of aromatic nitrogens is 4. The van der Waals surface area contributed by atoms with Crippen LogP contribution in [0.3, 0.4) is 0 Å². The molecule has 0 bridgehead atoms. The van der Waals surface area contributed by atoms with E-state index < -0.39 is 0 Å². The van der Waals surface area contributed by atoms with Crippen LogP contribution in [-0.2, 0) is 5.41 Å². The molecule has 5 heteroatoms. The molecule has 4 aromatic heterocycles. The average Bonchev–Trinajstić information content (AvgIpc) is 3.64. The van der Waals surface area contributed by atoms with Crippen LogP contribution in [0.25, 0.3) is 55.1 Å². The van der Waals surface area contributed by atoms with Gasteiger partial charge in [-0.1, -0.05) is 86.6 Å². The fourth-order valence-corrected chi connectivity index (χ4v) is 8.00. The zero-order valence-corrected chi connectivity index (χ0v) is 26.7. The molecule has 48 heavy (non-hydrogen) atoms. The highest BCUT2D eigenvalue weighted by Crippen LogP contribution is 2.53. The maximum absolute atomic E-state index is 4.86. The molecule has 5 aromatic carbocycles. The van der Waals surface area contributed by atoms with Crippen LogP contribution in [-0.4, -0.2) is 19.1 Å². The number of anilines is 3. The number of rotatable bonds is 3. The lowest BCUT2D eigenvalue weighted by Gasteiger charge is -2.41. The molecule has 1 aliphatic rings. The van der Waals surface area contributed by atoms with Gasteiger partial charge in [-0.05, 0) is 77.9 Å². The van der Waals surface area contributed by atoms with Crippen LogP contribution in [0.1, 0.15) is 25.0 Å². The molecule has 0 saturated carbocycles. The maximum Gasteiger partial charge on any atom is 0.137 e. The van der Waals surface area contributed by atoms with Crippen molar-refractivity contribution in [3.8, 4) is 11.5 Å². The first-order valence-electron chi connectivity index (χ1n) is 16.4. The van der Waals surface area contributed by atoms with Crippen LogP contribution in [0.2, 0.25) is 0 Å². The summed E-state index contributed by atoms with van der Waals surface area (Å²) in [4.78, 5) is 12.0. The van der Waals surface area contributed by atoms with E-state index in [9.17, 15) is 0 Å². The summed E-state index contributed by atoms with van der Waals surface area (Å²) in [5.41, 5.74) is 10.4. The molecule has 0 unspecified atom stereocenters. The first-order chi connectivity index (χ1) is 23.6. The predicted octanol–water partition coefficient (Wildman–Crippen LogP) is 10.8. The van der Waals surface area contributed by atoms with E-state index >= 15 is 0 Å². The highest BCUT2D eigenvalue weighted by atomic mass is 15.2. The van der Waals surface area contributed by atoms with E-state index in [0.29, 0.717) is 0 Å². The van der Waals surface area contributed by atoms with E-state index in [0.717, 1.165) is 45.2 Å². The minimum atomic E-state index is -0.211. The van der Waals surface area contributed by atoms with Crippen LogP contribution in [0.5, 0.6) is 0 Å². The summed E-state index contributed by atoms with van der Waals surface area (Å²) in [6.07, 6.45) is 3.74. The second-order valence-electron chi connectivity index (χ2n) is 13.1. The zero-order valence-electron chi connectivity index (χ0n) is 26.7. The van der Waals surface area contributed by atoms with E-state index in [1.165, 1.54) is 38.2 Å². The van der Waals surface area contributed by atoms with Gasteiger partial charge >= 0.3 is 0 Å². The van der Waals surface area contributed by atoms with E-state index in [2.05, 4.69) is 155 Å². The molecule has 0 N–H and O–H groups in total. The third kappa shape index (κ3) is 3.67. The summed E-state index contributed by atoms with van der Waals surface area (Å²) < 4.78 is 4.71. The first kappa shape index (κ1) is 27.0. The summed E-state index contributed by atoms with van der Waals surface area (Å²) in [5, 5.41) is 4.90. The molecular formula is C43H31N5. The molecule has 0 aliphatic carbocycles. The van der Waals surface area contributed by atoms with Crippen LogP contribution in [0, 0.1) is 0 Å². The molecule has 9 aromatic rings. The Labute approximate surface area is 278 Å². The third-order valence-electron chi connectivity index (χ3n) is 10.2. The largest absolute Gasteiger partial charge is 0.309 e. The van der Waals surface area contributed by atoms with Crippen LogP contribution in [0.15, 0.2) is 152 Å². The quantitative estimate of drug-likeness (QED) is 0.198. The van der Waals surface area contributed by atoms with E-state index in [1.54, 1.807) is 0 Å². The highest BCUT2D eigenvalue weighted by molar-refractivity contribution is 6.13. The molecule has 228 valence electrons. The molecule has 5 nitrogen and oxygen atoms in total. The minimum Gasteiger partial charge on any atom is -0.309 e. The normalized spacial score (nSPS) is 13.8. The SMILES string of the molecule is CC1(C)c2ccccc2N(c2ccccn2)c2cc3c(cc21)c1ccccc1n3-c1ccc2c3ccccc3n(-c3ccccn3)c2c1. The van der Waals surface area contributed by atoms with Gasteiger partial charge in [0, 0.05) is 45.0 Å². The zero-order chi connectivity index (χ0) is 32.0. The van der Waals surface area contributed by atoms with Gasteiger partial charge in [0.25, 0.3) is 0 Å². The van der Waals surface area contributed by atoms with Crippen molar-refractivity contribution < 1.29 is 0 Å². The Morgan fingerprint density at radius 3 is 1.79 bits per heavy atom. The number of para-hydroxylation sites is 3. The Bertz CT molecular complexity index is 2700. The number of nitrogens with zero attached hydrogens (tertiary/aromatic N) is 5. The van der Waals surface area contributed by atoms with Gasteiger partial charge in [-0.3, -0.25) is 9.47 Å². The van der Waals surface area contributed by atoms with Crippen molar-refractivity contribution in [2.24, 2.45) is 0 Å². The van der Waals surface area contributed by atoms with Gasteiger partial charge in [-0.2, -0.15) is 0 Å².